The van der Waals surface area contributed by atoms with Crippen LogP contribution < -0.4 is 10.5 Å². The molecule has 1 saturated heterocycles. The number of nitrogens with zero attached hydrogens (tertiary/aromatic N) is 2. The molecule has 2 N–H and O–H groups in total. The van der Waals surface area contributed by atoms with Crippen molar-refractivity contribution < 1.29 is 22.6 Å². The highest BCUT2D eigenvalue weighted by molar-refractivity contribution is 5.40. The number of nitrogens with two attached hydrogens (primary N) is 1. The third-order valence-corrected chi connectivity index (χ3v) is 4.08. The SMILES string of the molecule is Nc1nc(OC2COC2)c(C(F)(F)F)c(C2CCCCC2)n1. The predicted molar refractivity (Wildman–Crippen MR) is 72.5 cm³/mol. The van der Waals surface area contributed by atoms with E-state index in [-0.39, 0.29) is 30.8 Å². The first-order chi connectivity index (χ1) is 10.4. The fraction of sp³-hybridized carbons (Fsp3) is 0.714. The fourth-order valence-electron chi connectivity index (χ4n) is 2.94. The quantitative estimate of drug-likeness (QED) is 0.928. The number of halogens is 3. The molecule has 0 unspecified atom stereocenters. The molecule has 1 aromatic rings. The summed E-state index contributed by atoms with van der Waals surface area (Å²) in [4.78, 5) is 7.60. The molecule has 122 valence electrons. The normalized spacial score (nSPS) is 20.7. The van der Waals surface area contributed by atoms with Crippen molar-refractivity contribution in [2.75, 3.05) is 18.9 Å². The van der Waals surface area contributed by atoms with Gasteiger partial charge in [0.25, 0.3) is 0 Å². The lowest BCUT2D eigenvalue weighted by Crippen LogP contribution is -2.39. The van der Waals surface area contributed by atoms with Gasteiger partial charge in [-0.1, -0.05) is 19.3 Å². The van der Waals surface area contributed by atoms with Crippen LogP contribution in [0.2, 0.25) is 0 Å². The van der Waals surface area contributed by atoms with E-state index in [0.717, 1.165) is 19.3 Å². The minimum Gasteiger partial charge on any atom is -0.469 e. The molecule has 1 aliphatic carbocycles. The highest BCUT2D eigenvalue weighted by atomic mass is 19.4. The fourth-order valence-corrected chi connectivity index (χ4v) is 2.94. The van der Waals surface area contributed by atoms with E-state index in [1.807, 2.05) is 0 Å². The largest absolute Gasteiger partial charge is 0.469 e. The maximum absolute atomic E-state index is 13.5. The van der Waals surface area contributed by atoms with Gasteiger partial charge in [0.1, 0.15) is 11.7 Å². The third-order valence-electron chi connectivity index (χ3n) is 4.08. The summed E-state index contributed by atoms with van der Waals surface area (Å²) in [6.45, 7) is 0.528. The average Bonchev–Trinajstić information content (AvgIpc) is 2.42. The first-order valence-corrected chi connectivity index (χ1v) is 7.44. The van der Waals surface area contributed by atoms with E-state index in [4.69, 9.17) is 15.2 Å². The Morgan fingerprint density at radius 2 is 1.77 bits per heavy atom. The van der Waals surface area contributed by atoms with Gasteiger partial charge in [-0.25, -0.2) is 4.98 Å². The molecule has 0 bridgehead atoms. The second-order valence-electron chi connectivity index (χ2n) is 5.76. The zero-order valence-electron chi connectivity index (χ0n) is 12.0. The Bertz CT molecular complexity index is 541. The lowest BCUT2D eigenvalue weighted by molar-refractivity contribution is -0.143. The first kappa shape index (κ1) is 15.3. The van der Waals surface area contributed by atoms with Gasteiger partial charge in [0.15, 0.2) is 0 Å². The van der Waals surface area contributed by atoms with Crippen molar-refractivity contribution >= 4 is 5.95 Å². The standard InChI is InChI=1S/C14H18F3N3O2/c15-14(16,17)10-11(8-4-2-1-3-5-8)19-13(18)20-12(10)22-9-6-21-7-9/h8-9H,1-7H2,(H2,18,19,20). The number of alkyl halides is 3. The minimum absolute atomic E-state index is 0.0186. The van der Waals surface area contributed by atoms with Crippen LogP contribution in [-0.2, 0) is 10.9 Å². The zero-order valence-corrected chi connectivity index (χ0v) is 12.0. The molecule has 0 amide bonds. The summed E-state index contributed by atoms with van der Waals surface area (Å²) in [6.07, 6.45) is -0.759. The van der Waals surface area contributed by atoms with Gasteiger partial charge in [0, 0.05) is 5.92 Å². The van der Waals surface area contributed by atoms with E-state index in [9.17, 15) is 13.2 Å². The van der Waals surface area contributed by atoms with E-state index in [0.29, 0.717) is 12.8 Å². The highest BCUT2D eigenvalue weighted by Gasteiger charge is 2.42. The smallest absolute Gasteiger partial charge is 0.423 e. The Hall–Kier alpha value is -1.57. The summed E-state index contributed by atoms with van der Waals surface area (Å²) in [5, 5.41) is 0. The van der Waals surface area contributed by atoms with Crippen LogP contribution in [0.15, 0.2) is 0 Å². The summed E-state index contributed by atoms with van der Waals surface area (Å²) in [5.41, 5.74) is 4.72. The van der Waals surface area contributed by atoms with Crippen LogP contribution in [0.5, 0.6) is 5.88 Å². The molecule has 22 heavy (non-hydrogen) atoms. The molecule has 5 nitrogen and oxygen atoms in total. The molecule has 2 fully saturated rings. The molecule has 0 aromatic carbocycles. The van der Waals surface area contributed by atoms with Gasteiger partial charge in [-0.15, -0.1) is 0 Å². The van der Waals surface area contributed by atoms with E-state index in [2.05, 4.69) is 9.97 Å². The number of anilines is 1. The van der Waals surface area contributed by atoms with Crippen LogP contribution in [0.25, 0.3) is 0 Å². The second-order valence-corrected chi connectivity index (χ2v) is 5.76. The van der Waals surface area contributed by atoms with E-state index < -0.39 is 23.7 Å². The summed E-state index contributed by atoms with van der Waals surface area (Å²) in [6, 6.07) is 0. The van der Waals surface area contributed by atoms with Crippen LogP contribution in [0, 0.1) is 0 Å². The van der Waals surface area contributed by atoms with Crippen LogP contribution in [-0.4, -0.2) is 29.3 Å². The lowest BCUT2D eigenvalue weighted by Gasteiger charge is -2.29. The summed E-state index contributed by atoms with van der Waals surface area (Å²) >= 11 is 0. The number of ether oxygens (including phenoxy) is 2. The summed E-state index contributed by atoms with van der Waals surface area (Å²) < 4.78 is 50.9. The molecule has 1 saturated carbocycles. The van der Waals surface area contributed by atoms with Gasteiger partial charge in [-0.3, -0.25) is 0 Å². The average molecular weight is 317 g/mol. The van der Waals surface area contributed by atoms with Crippen LogP contribution in [0.1, 0.15) is 49.3 Å². The Kier molecular flexibility index (Phi) is 4.12. The Morgan fingerprint density at radius 1 is 1.09 bits per heavy atom. The van der Waals surface area contributed by atoms with Crippen molar-refractivity contribution in [3.63, 3.8) is 0 Å². The molecule has 1 aliphatic heterocycles. The number of nitrogen functional groups attached to an aromatic ring is 1. The molecular weight excluding hydrogens is 299 g/mol. The molecule has 2 aliphatic rings. The Morgan fingerprint density at radius 3 is 2.32 bits per heavy atom. The minimum atomic E-state index is -4.57. The molecule has 3 rings (SSSR count). The topological polar surface area (TPSA) is 70.3 Å². The molecule has 2 heterocycles. The van der Waals surface area contributed by atoms with Crippen LogP contribution >= 0.6 is 0 Å². The molecule has 0 spiro atoms. The molecular formula is C14H18F3N3O2. The van der Waals surface area contributed by atoms with E-state index in [1.165, 1.54) is 0 Å². The van der Waals surface area contributed by atoms with Crippen molar-refractivity contribution in [1.82, 2.24) is 9.97 Å². The third kappa shape index (κ3) is 3.11. The summed E-state index contributed by atoms with van der Waals surface area (Å²) in [7, 11) is 0. The van der Waals surface area contributed by atoms with E-state index >= 15 is 0 Å². The van der Waals surface area contributed by atoms with Gasteiger partial charge < -0.3 is 15.2 Å². The van der Waals surface area contributed by atoms with Crippen LogP contribution in [0.3, 0.4) is 0 Å². The Labute approximate surface area is 126 Å². The van der Waals surface area contributed by atoms with Crippen LogP contribution in [0.4, 0.5) is 19.1 Å². The van der Waals surface area contributed by atoms with Crippen molar-refractivity contribution in [1.29, 1.82) is 0 Å². The van der Waals surface area contributed by atoms with E-state index in [1.54, 1.807) is 0 Å². The number of hydrogen-bond donors (Lipinski definition) is 1. The van der Waals surface area contributed by atoms with Crippen molar-refractivity contribution in [3.05, 3.63) is 11.3 Å². The number of hydrogen-bond acceptors (Lipinski definition) is 5. The van der Waals surface area contributed by atoms with Gasteiger partial charge in [0.05, 0.1) is 18.9 Å². The highest BCUT2D eigenvalue weighted by Crippen LogP contribution is 2.44. The maximum atomic E-state index is 13.5. The lowest BCUT2D eigenvalue weighted by atomic mass is 9.85. The molecule has 8 heteroatoms. The van der Waals surface area contributed by atoms with Gasteiger partial charge in [-0.2, -0.15) is 18.2 Å². The number of rotatable bonds is 3. The number of aromatic nitrogens is 2. The van der Waals surface area contributed by atoms with Gasteiger partial charge in [0.2, 0.25) is 11.8 Å². The van der Waals surface area contributed by atoms with Crippen molar-refractivity contribution in [2.45, 2.75) is 50.3 Å². The monoisotopic (exact) mass is 317 g/mol. The molecule has 1 aromatic heterocycles. The summed E-state index contributed by atoms with van der Waals surface area (Å²) in [5.74, 6) is -0.881. The molecule has 0 atom stereocenters. The van der Waals surface area contributed by atoms with Crippen molar-refractivity contribution in [3.8, 4) is 5.88 Å². The zero-order chi connectivity index (χ0) is 15.7. The van der Waals surface area contributed by atoms with Gasteiger partial charge in [-0.05, 0) is 12.8 Å². The first-order valence-electron chi connectivity index (χ1n) is 7.44. The predicted octanol–water partition coefficient (Wildman–Crippen LogP) is 2.90. The maximum Gasteiger partial charge on any atom is 0.423 e. The second kappa shape index (κ2) is 5.91. The van der Waals surface area contributed by atoms with Gasteiger partial charge >= 0.3 is 6.18 Å². The van der Waals surface area contributed by atoms with Crippen molar-refractivity contribution in [2.24, 2.45) is 0 Å². The molecule has 0 radical (unpaired) electrons. The Balaban J connectivity index is 2.01.